The smallest absolute Gasteiger partial charge is 0.383 e. The van der Waals surface area contributed by atoms with Gasteiger partial charge in [-0.2, -0.15) is 8.62 Å². The van der Waals surface area contributed by atoms with E-state index in [1.165, 1.54) is 0 Å². The van der Waals surface area contributed by atoms with Crippen LogP contribution in [-0.2, 0) is 31.6 Å². The van der Waals surface area contributed by atoms with Gasteiger partial charge in [0, 0.05) is 18.3 Å². The molecule has 1 fully saturated rings. The van der Waals surface area contributed by atoms with Gasteiger partial charge < -0.3 is 29.4 Å². The monoisotopic (exact) mass is 542 g/mol. The number of phosphoric acid groups is 3. The van der Waals surface area contributed by atoms with Crippen molar-refractivity contribution in [1.82, 2.24) is 9.55 Å². The molecule has 1 aromatic rings. The quantitative estimate of drug-likeness (QED) is 0.170. The first-order valence-corrected chi connectivity index (χ1v) is 12.6. The summed E-state index contributed by atoms with van der Waals surface area (Å²) in [5.74, 6) is -3.76. The zero-order valence-electron chi connectivity index (χ0n) is 15.8. The molecule has 6 N–H and O–H groups in total. The van der Waals surface area contributed by atoms with Gasteiger partial charge in [-0.15, -0.1) is 5.73 Å². The Morgan fingerprint density at radius 1 is 1.21 bits per heavy atom. The predicted octanol–water partition coefficient (Wildman–Crippen LogP) is -0.515. The Morgan fingerprint density at radius 2 is 1.82 bits per heavy atom. The molecular formula is C12H15F2N2O14P3. The largest absolute Gasteiger partial charge is 0.490 e. The van der Waals surface area contributed by atoms with Gasteiger partial charge in [-0.25, -0.2) is 27.3 Å². The zero-order chi connectivity index (χ0) is 25.5. The highest BCUT2D eigenvalue weighted by Gasteiger charge is 2.66. The van der Waals surface area contributed by atoms with E-state index in [0.29, 0.717) is 16.8 Å². The Kier molecular flexibility index (Phi) is 7.71. The first kappa shape index (κ1) is 27.6. The predicted molar refractivity (Wildman–Crippen MR) is 98.7 cm³/mol. The number of aromatic amines is 1. The van der Waals surface area contributed by atoms with Crippen LogP contribution >= 0.6 is 23.5 Å². The maximum atomic E-state index is 15.5. The Morgan fingerprint density at radius 3 is 2.33 bits per heavy atom. The Bertz CT molecular complexity index is 1220. The molecule has 2 rings (SSSR count). The number of aromatic nitrogens is 2. The molecule has 2 heterocycles. The van der Waals surface area contributed by atoms with Crippen LogP contribution in [0.1, 0.15) is 6.23 Å². The summed E-state index contributed by atoms with van der Waals surface area (Å²) >= 11 is 0. The number of H-pyrrole nitrogens is 1. The van der Waals surface area contributed by atoms with Crippen LogP contribution in [0.2, 0.25) is 0 Å². The Balaban J connectivity index is 2.33. The molecule has 6 atom stereocenters. The molecule has 0 amide bonds. The molecule has 33 heavy (non-hydrogen) atoms. The van der Waals surface area contributed by atoms with E-state index < -0.39 is 65.2 Å². The van der Waals surface area contributed by atoms with Gasteiger partial charge in [-0.1, -0.05) is 6.58 Å². The lowest BCUT2D eigenvalue weighted by Crippen LogP contribution is -2.48. The van der Waals surface area contributed by atoms with Crippen molar-refractivity contribution in [3.63, 3.8) is 0 Å². The number of phosphoric ester groups is 1. The van der Waals surface area contributed by atoms with Crippen LogP contribution in [-0.4, -0.2) is 58.5 Å². The van der Waals surface area contributed by atoms with Crippen molar-refractivity contribution in [2.75, 3.05) is 6.61 Å². The third-order valence-corrected chi connectivity index (χ3v) is 7.56. The van der Waals surface area contributed by atoms with Crippen molar-refractivity contribution in [3.8, 4) is 0 Å². The summed E-state index contributed by atoms with van der Waals surface area (Å²) in [5.41, 5.74) is -3.66. The summed E-state index contributed by atoms with van der Waals surface area (Å²) in [4.78, 5) is 60.3. The minimum atomic E-state index is -5.95. The first-order valence-electron chi connectivity index (χ1n) is 8.05. The lowest BCUT2D eigenvalue weighted by atomic mass is 9.95. The van der Waals surface area contributed by atoms with E-state index in [0.717, 1.165) is 6.07 Å². The fourth-order valence-electron chi connectivity index (χ4n) is 2.58. The third-order valence-electron chi connectivity index (χ3n) is 3.78. The number of alkyl halides is 2. The molecule has 0 radical (unpaired) electrons. The summed E-state index contributed by atoms with van der Waals surface area (Å²) in [6.45, 7) is 1.14. The van der Waals surface area contributed by atoms with Crippen molar-refractivity contribution in [3.05, 3.63) is 51.5 Å². The van der Waals surface area contributed by atoms with Gasteiger partial charge in [-0.3, -0.25) is 18.9 Å². The highest BCUT2D eigenvalue weighted by atomic mass is 31.3. The van der Waals surface area contributed by atoms with E-state index in [2.05, 4.69) is 19.7 Å². The van der Waals surface area contributed by atoms with Crippen molar-refractivity contribution in [2.45, 2.75) is 23.9 Å². The minimum absolute atomic E-state index is 0.310. The summed E-state index contributed by atoms with van der Waals surface area (Å²) in [5, 5.41) is 10.2. The van der Waals surface area contributed by atoms with Crippen LogP contribution in [0, 0.1) is 0 Å². The Hall–Kier alpha value is -1.61. The minimum Gasteiger partial charge on any atom is -0.383 e. The molecule has 0 saturated carbocycles. The van der Waals surface area contributed by atoms with Crippen molar-refractivity contribution in [2.24, 2.45) is 0 Å². The van der Waals surface area contributed by atoms with Gasteiger partial charge in [0.2, 0.25) is 5.67 Å². The van der Waals surface area contributed by atoms with E-state index in [4.69, 9.17) is 19.4 Å². The summed E-state index contributed by atoms with van der Waals surface area (Å²) in [7, 11) is -17.5. The number of nitrogens with one attached hydrogen (secondary N) is 1. The van der Waals surface area contributed by atoms with Crippen LogP contribution in [0.15, 0.2) is 40.2 Å². The van der Waals surface area contributed by atoms with Crippen LogP contribution in [0.5, 0.6) is 0 Å². The summed E-state index contributed by atoms with van der Waals surface area (Å²) < 4.78 is 80.3. The van der Waals surface area contributed by atoms with E-state index >= 15 is 8.78 Å². The van der Waals surface area contributed by atoms with Gasteiger partial charge >= 0.3 is 29.2 Å². The number of hydrogen-bond acceptors (Lipinski definition) is 10. The number of halogens is 2. The SMILES string of the molecule is C=C=C[C@@]1(F)C(O)[C@@](F)(COP(=O)(O)OP(=O)(O)OP(=O)(O)O)O[C@H]1n1ccc(=O)[nH]c1=O. The number of nitrogens with zero attached hydrogens (tertiary/aromatic N) is 1. The van der Waals surface area contributed by atoms with Gasteiger partial charge in [0.15, 0.2) is 12.3 Å². The van der Waals surface area contributed by atoms with Crippen LogP contribution < -0.4 is 11.2 Å². The van der Waals surface area contributed by atoms with Crippen LogP contribution in [0.25, 0.3) is 0 Å². The number of ether oxygens (including phenoxy) is 1. The summed E-state index contributed by atoms with van der Waals surface area (Å²) in [6.07, 6.45) is -4.25. The van der Waals surface area contributed by atoms with E-state index in [-0.39, 0.29) is 0 Å². The number of hydrogen-bond donors (Lipinski definition) is 6. The number of aliphatic hydroxyl groups is 1. The molecule has 0 aromatic carbocycles. The summed E-state index contributed by atoms with van der Waals surface area (Å²) in [6, 6.07) is 0.722. The fraction of sp³-hybridized carbons (Fsp3) is 0.417. The molecule has 0 spiro atoms. The normalized spacial score (nSPS) is 31.4. The average molecular weight is 542 g/mol. The second-order valence-corrected chi connectivity index (χ2v) is 10.6. The molecule has 1 saturated heterocycles. The maximum absolute atomic E-state index is 15.5. The zero-order valence-corrected chi connectivity index (χ0v) is 18.4. The van der Waals surface area contributed by atoms with Crippen molar-refractivity contribution >= 4 is 23.5 Å². The molecule has 1 aromatic heterocycles. The van der Waals surface area contributed by atoms with E-state index in [1.54, 1.807) is 4.98 Å². The Labute approximate surface area is 180 Å². The van der Waals surface area contributed by atoms with Crippen molar-refractivity contribution in [1.29, 1.82) is 0 Å². The molecule has 16 nitrogen and oxygen atoms in total. The second kappa shape index (κ2) is 9.21. The van der Waals surface area contributed by atoms with Gasteiger partial charge in [0.05, 0.1) is 0 Å². The van der Waals surface area contributed by atoms with Crippen LogP contribution in [0.3, 0.4) is 0 Å². The lowest BCUT2D eigenvalue weighted by Gasteiger charge is -2.26. The standard InChI is InChI=1S/C12H15F2N2O14P3/c1-2-4-11(13)8(18)12(14,28-9(11)16-5-3-7(17)15-10(16)19)6-27-32(23,24)30-33(25,26)29-31(20,21)22/h3-5,8-9,18H,1,6H2,(H,23,24)(H,25,26)(H,15,17,19)(H2,20,21,22)/t8?,9-,11-,12-/m1/s1. The van der Waals surface area contributed by atoms with Crippen LogP contribution in [0.4, 0.5) is 8.78 Å². The molecule has 21 heteroatoms. The molecule has 3 unspecified atom stereocenters. The molecule has 1 aliphatic heterocycles. The average Bonchev–Trinajstić information content (AvgIpc) is 2.80. The first-order chi connectivity index (χ1) is 14.8. The molecule has 0 bridgehead atoms. The number of rotatable bonds is 9. The fourth-order valence-corrected chi connectivity index (χ4v) is 5.61. The van der Waals surface area contributed by atoms with Gasteiger partial charge in [-0.05, 0) is 0 Å². The maximum Gasteiger partial charge on any atom is 0.490 e. The highest BCUT2D eigenvalue weighted by molar-refractivity contribution is 7.66. The lowest BCUT2D eigenvalue weighted by molar-refractivity contribution is -0.204. The van der Waals surface area contributed by atoms with Gasteiger partial charge in [0.1, 0.15) is 6.61 Å². The van der Waals surface area contributed by atoms with Crippen molar-refractivity contribution < 1.29 is 65.0 Å². The molecule has 186 valence electrons. The topological polar surface area (TPSA) is 244 Å². The molecule has 0 aliphatic carbocycles. The van der Waals surface area contributed by atoms with Gasteiger partial charge in [0.25, 0.3) is 11.4 Å². The third kappa shape index (κ3) is 6.50. The second-order valence-electron chi connectivity index (χ2n) is 6.22. The number of aliphatic hydroxyl groups excluding tert-OH is 1. The molecule has 1 aliphatic rings. The van der Waals surface area contributed by atoms with E-state index in [1.807, 2.05) is 5.73 Å². The van der Waals surface area contributed by atoms with E-state index in [9.17, 15) is 33.3 Å². The highest BCUT2D eigenvalue weighted by Crippen LogP contribution is 2.66. The molecular weight excluding hydrogens is 527 g/mol.